The lowest BCUT2D eigenvalue weighted by Gasteiger charge is -2.20. The highest BCUT2D eigenvalue weighted by atomic mass is 35.5. The molecule has 0 radical (unpaired) electrons. The monoisotopic (exact) mass is 445 g/mol. The van der Waals surface area contributed by atoms with Gasteiger partial charge in [-0.2, -0.15) is 15.1 Å². The van der Waals surface area contributed by atoms with Crippen LogP contribution in [0.2, 0.25) is 10.0 Å². The third-order valence-electron chi connectivity index (χ3n) is 4.72. The van der Waals surface area contributed by atoms with Gasteiger partial charge in [0.05, 0.1) is 16.3 Å². The summed E-state index contributed by atoms with van der Waals surface area (Å²) in [5, 5.41) is 16.6. The van der Waals surface area contributed by atoms with Crippen LogP contribution in [-0.4, -0.2) is 31.5 Å². The highest BCUT2D eigenvalue weighted by Gasteiger charge is 2.35. The Hall–Kier alpha value is -2.35. The van der Waals surface area contributed by atoms with Gasteiger partial charge < -0.3 is 4.57 Å². The predicted octanol–water partition coefficient (Wildman–Crippen LogP) is 5.43. The second kappa shape index (κ2) is 7.48. The van der Waals surface area contributed by atoms with Crippen molar-refractivity contribution in [3.05, 3.63) is 56.8 Å². The number of fused-ring (bicyclic) bond motifs is 1. The van der Waals surface area contributed by atoms with Gasteiger partial charge in [0, 0.05) is 16.4 Å². The molecule has 29 heavy (non-hydrogen) atoms. The van der Waals surface area contributed by atoms with Crippen molar-refractivity contribution in [3.63, 3.8) is 0 Å². The summed E-state index contributed by atoms with van der Waals surface area (Å²) in [5.74, 6) is -0.402. The van der Waals surface area contributed by atoms with Crippen LogP contribution in [0.25, 0.3) is 11.8 Å². The van der Waals surface area contributed by atoms with E-state index in [2.05, 4.69) is 10.1 Å². The molecule has 6 nitrogen and oxygen atoms in total. The smallest absolute Gasteiger partial charge is 0.283 e. The van der Waals surface area contributed by atoms with Gasteiger partial charge in [-0.3, -0.25) is 10.2 Å². The zero-order valence-corrected chi connectivity index (χ0v) is 18.3. The Bertz CT molecular complexity index is 1160. The summed E-state index contributed by atoms with van der Waals surface area (Å²) in [7, 11) is 0. The summed E-state index contributed by atoms with van der Waals surface area (Å²) >= 11 is 13.7. The molecule has 1 aromatic heterocycles. The molecule has 1 amide bonds. The molecule has 0 atom stereocenters. The van der Waals surface area contributed by atoms with Crippen LogP contribution in [0.4, 0.5) is 0 Å². The van der Waals surface area contributed by atoms with Gasteiger partial charge in [-0.15, -0.1) is 0 Å². The molecule has 148 valence electrons. The van der Waals surface area contributed by atoms with Gasteiger partial charge in [0.1, 0.15) is 5.04 Å². The van der Waals surface area contributed by atoms with Crippen LogP contribution in [0.1, 0.15) is 30.3 Å². The van der Waals surface area contributed by atoms with E-state index in [9.17, 15) is 4.79 Å². The van der Waals surface area contributed by atoms with Gasteiger partial charge in [0.15, 0.2) is 5.84 Å². The number of aromatic nitrogens is 1. The molecule has 0 fully saturated rings. The number of nitrogens with zero attached hydrogens (tertiary/aromatic N) is 4. The van der Waals surface area contributed by atoms with E-state index < -0.39 is 5.91 Å². The molecule has 0 saturated heterocycles. The van der Waals surface area contributed by atoms with Gasteiger partial charge in [0.2, 0.25) is 5.17 Å². The first-order valence-electron chi connectivity index (χ1n) is 8.93. The quantitative estimate of drug-likeness (QED) is 0.639. The number of carbonyl (C=O) groups excluding carboxylic acids is 1. The van der Waals surface area contributed by atoms with E-state index in [1.165, 1.54) is 16.8 Å². The average molecular weight is 446 g/mol. The maximum absolute atomic E-state index is 12.6. The number of carbonyl (C=O) groups is 1. The van der Waals surface area contributed by atoms with Crippen LogP contribution in [0.5, 0.6) is 0 Å². The fourth-order valence-electron chi connectivity index (χ4n) is 3.30. The molecule has 0 aliphatic carbocycles. The number of hydrogen-bond acceptors (Lipinski definition) is 4. The van der Waals surface area contributed by atoms with Gasteiger partial charge in [-0.25, -0.2) is 0 Å². The van der Waals surface area contributed by atoms with Gasteiger partial charge in [0.25, 0.3) is 5.91 Å². The van der Waals surface area contributed by atoms with Crippen molar-refractivity contribution < 1.29 is 4.79 Å². The summed E-state index contributed by atoms with van der Waals surface area (Å²) in [5.41, 5.74) is 3.66. The molecular formula is C20H17Cl2N5OS. The molecule has 0 unspecified atom stereocenters. The Labute approximate surface area is 182 Å². The molecule has 4 rings (SSSR count). The maximum Gasteiger partial charge on any atom is 0.283 e. The van der Waals surface area contributed by atoms with Crippen molar-refractivity contribution in [1.82, 2.24) is 9.58 Å². The molecule has 0 bridgehead atoms. The van der Waals surface area contributed by atoms with Crippen molar-refractivity contribution in [1.29, 1.82) is 5.41 Å². The Kier molecular flexibility index (Phi) is 5.14. The molecule has 2 aromatic rings. The highest BCUT2D eigenvalue weighted by Crippen LogP contribution is 2.32. The number of aliphatic imine (C=N–C) groups is 1. The second-order valence-electron chi connectivity index (χ2n) is 6.62. The van der Waals surface area contributed by atoms with Crippen molar-refractivity contribution in [2.45, 2.75) is 27.2 Å². The van der Waals surface area contributed by atoms with Crippen LogP contribution in [0.15, 0.2) is 39.9 Å². The van der Waals surface area contributed by atoms with E-state index in [1.54, 1.807) is 18.2 Å². The lowest BCUT2D eigenvalue weighted by atomic mass is 10.1. The molecule has 1 N–H and O–H groups in total. The number of halogens is 2. The summed E-state index contributed by atoms with van der Waals surface area (Å²) in [4.78, 5) is 16.7. The Morgan fingerprint density at radius 2 is 2.00 bits per heavy atom. The lowest BCUT2D eigenvalue weighted by molar-refractivity contribution is -0.114. The maximum atomic E-state index is 12.6. The third kappa shape index (κ3) is 3.43. The van der Waals surface area contributed by atoms with E-state index in [4.69, 9.17) is 28.6 Å². The Balaban J connectivity index is 1.77. The normalized spacial score (nSPS) is 17.7. The highest BCUT2D eigenvalue weighted by molar-refractivity contribution is 8.26. The fraction of sp³-hybridized carbons (Fsp3) is 0.200. The van der Waals surface area contributed by atoms with E-state index in [0.717, 1.165) is 34.1 Å². The summed E-state index contributed by atoms with van der Waals surface area (Å²) in [6.45, 7) is 5.87. The number of aryl methyl sites for hydroxylation is 1. The fourth-order valence-corrected chi connectivity index (χ4v) is 4.61. The molecule has 0 saturated carbocycles. The van der Waals surface area contributed by atoms with Crippen molar-refractivity contribution >= 4 is 63.0 Å². The van der Waals surface area contributed by atoms with E-state index in [-0.39, 0.29) is 11.4 Å². The number of thioether (sulfide) groups is 1. The zero-order valence-electron chi connectivity index (χ0n) is 16.0. The SMILES string of the molecule is CCC1=NN2C(=N)C(=Cc3cc(C)n(-c4ccc(Cl)cc4Cl)c3C)C(=O)N=C2S1. The molecule has 0 spiro atoms. The summed E-state index contributed by atoms with van der Waals surface area (Å²) in [6, 6.07) is 7.28. The first-order valence-corrected chi connectivity index (χ1v) is 10.5. The van der Waals surface area contributed by atoms with Crippen LogP contribution in [0.3, 0.4) is 0 Å². The molecule has 1 aromatic carbocycles. The van der Waals surface area contributed by atoms with Crippen LogP contribution in [-0.2, 0) is 4.79 Å². The van der Waals surface area contributed by atoms with E-state index in [0.29, 0.717) is 15.2 Å². The Morgan fingerprint density at radius 1 is 1.24 bits per heavy atom. The number of amidine groups is 2. The molecular weight excluding hydrogens is 429 g/mol. The Morgan fingerprint density at radius 3 is 2.69 bits per heavy atom. The average Bonchev–Trinajstić information content (AvgIpc) is 3.20. The van der Waals surface area contributed by atoms with Crippen LogP contribution in [0, 0.1) is 19.3 Å². The van der Waals surface area contributed by atoms with Crippen molar-refractivity contribution in [2.24, 2.45) is 10.1 Å². The predicted molar refractivity (Wildman–Crippen MR) is 121 cm³/mol. The van der Waals surface area contributed by atoms with E-state index in [1.807, 2.05) is 37.5 Å². The van der Waals surface area contributed by atoms with Gasteiger partial charge in [-0.05, 0) is 67.9 Å². The topological polar surface area (TPSA) is 73.8 Å². The number of nitrogens with one attached hydrogen (secondary N) is 1. The van der Waals surface area contributed by atoms with Crippen LogP contribution >= 0.6 is 35.0 Å². The number of amides is 1. The minimum absolute atomic E-state index is 0.0327. The van der Waals surface area contributed by atoms with Crippen LogP contribution < -0.4 is 0 Å². The molecule has 2 aliphatic heterocycles. The van der Waals surface area contributed by atoms with Gasteiger partial charge in [-0.1, -0.05) is 30.1 Å². The minimum Gasteiger partial charge on any atom is -0.316 e. The summed E-state index contributed by atoms with van der Waals surface area (Å²) in [6.07, 6.45) is 2.42. The van der Waals surface area contributed by atoms with Crippen molar-refractivity contribution in [3.8, 4) is 5.69 Å². The van der Waals surface area contributed by atoms with Gasteiger partial charge >= 0.3 is 0 Å². The zero-order chi connectivity index (χ0) is 20.9. The first kappa shape index (κ1) is 19.9. The lowest BCUT2D eigenvalue weighted by Crippen LogP contribution is -2.35. The van der Waals surface area contributed by atoms with E-state index >= 15 is 0 Å². The number of hydrazone groups is 1. The molecule has 3 heterocycles. The molecule has 9 heteroatoms. The number of rotatable bonds is 3. The number of benzene rings is 1. The van der Waals surface area contributed by atoms with Crippen molar-refractivity contribution in [2.75, 3.05) is 0 Å². The number of hydrogen-bond donors (Lipinski definition) is 1. The first-order chi connectivity index (χ1) is 13.8. The second-order valence-corrected chi connectivity index (χ2v) is 8.51. The summed E-state index contributed by atoms with van der Waals surface area (Å²) < 4.78 is 2.00. The standard InChI is InChI=1S/C20H17Cl2N5OS/c1-4-17-25-27-18(23)14(19(28)24-20(27)29-17)8-12-7-10(2)26(11(12)3)16-6-5-13(21)9-15(16)22/h5-9,23H,4H2,1-3H3. The largest absolute Gasteiger partial charge is 0.316 e. The minimum atomic E-state index is -0.435. The molecule has 2 aliphatic rings. The third-order valence-corrected chi connectivity index (χ3v) is 6.31.